The molecule has 1 aliphatic rings. The summed E-state index contributed by atoms with van der Waals surface area (Å²) in [5.74, 6) is -0.476. The van der Waals surface area contributed by atoms with E-state index in [-0.39, 0.29) is 34.4 Å². The molecule has 1 amide bonds. The van der Waals surface area contributed by atoms with Crippen LogP contribution in [-0.2, 0) is 16.6 Å². The van der Waals surface area contributed by atoms with Crippen LogP contribution >= 0.6 is 0 Å². The number of benzene rings is 3. The quantitative estimate of drug-likeness (QED) is 0.326. The summed E-state index contributed by atoms with van der Waals surface area (Å²) in [5, 5.41) is 17.2. The number of anilines is 2. The Kier molecular flexibility index (Phi) is 6.38. The Hall–Kier alpha value is -3.76. The summed E-state index contributed by atoms with van der Waals surface area (Å²) in [6, 6.07) is 19.5. The van der Waals surface area contributed by atoms with Crippen molar-refractivity contribution in [1.82, 2.24) is 10.0 Å². The molecule has 1 aliphatic carbocycles. The summed E-state index contributed by atoms with van der Waals surface area (Å²) in [6.07, 6.45) is 1.70. The summed E-state index contributed by atoms with van der Waals surface area (Å²) < 4.78 is 27.1. The number of nitrogens with zero attached hydrogens (tertiary/aromatic N) is 1. The first kappa shape index (κ1) is 22.4. The van der Waals surface area contributed by atoms with Crippen molar-refractivity contribution < 1.29 is 18.1 Å². The van der Waals surface area contributed by atoms with Crippen molar-refractivity contribution in [3.8, 4) is 0 Å². The molecule has 3 N–H and O–H groups in total. The molecule has 3 aromatic carbocycles. The summed E-state index contributed by atoms with van der Waals surface area (Å²) in [6.45, 7) is 0.146. The van der Waals surface area contributed by atoms with Gasteiger partial charge in [0.05, 0.1) is 9.82 Å². The Morgan fingerprint density at radius 3 is 2.33 bits per heavy atom. The predicted molar refractivity (Wildman–Crippen MR) is 124 cm³/mol. The molecule has 0 saturated heterocycles. The number of amides is 1. The summed E-state index contributed by atoms with van der Waals surface area (Å²) in [4.78, 5) is 23.7. The summed E-state index contributed by atoms with van der Waals surface area (Å²) in [7, 11) is -3.53. The van der Waals surface area contributed by atoms with Gasteiger partial charge < -0.3 is 10.6 Å². The summed E-state index contributed by atoms with van der Waals surface area (Å²) >= 11 is 0. The molecule has 0 spiro atoms. The zero-order chi connectivity index (χ0) is 23.4. The molecule has 170 valence electrons. The molecule has 0 aliphatic heterocycles. The van der Waals surface area contributed by atoms with Gasteiger partial charge in [0.2, 0.25) is 10.0 Å². The van der Waals surface area contributed by atoms with E-state index in [1.54, 1.807) is 24.3 Å². The molecule has 1 saturated carbocycles. The minimum Gasteiger partial charge on any atom is -0.350 e. The Balaban J connectivity index is 1.41. The third-order valence-corrected chi connectivity index (χ3v) is 6.63. The molecule has 9 nitrogen and oxygen atoms in total. The first-order chi connectivity index (χ1) is 15.8. The van der Waals surface area contributed by atoms with Crippen LogP contribution in [0.15, 0.2) is 77.7 Å². The maximum absolute atomic E-state index is 12.6. The van der Waals surface area contributed by atoms with Crippen LogP contribution in [0.2, 0.25) is 0 Å². The van der Waals surface area contributed by atoms with Crippen molar-refractivity contribution in [3.05, 3.63) is 94.0 Å². The molecule has 33 heavy (non-hydrogen) atoms. The monoisotopic (exact) mass is 466 g/mol. The van der Waals surface area contributed by atoms with Gasteiger partial charge in [0.1, 0.15) is 5.69 Å². The molecule has 0 bridgehead atoms. The van der Waals surface area contributed by atoms with Crippen LogP contribution in [0.5, 0.6) is 0 Å². The Labute approximate surface area is 191 Å². The van der Waals surface area contributed by atoms with Gasteiger partial charge in [-0.2, -0.15) is 0 Å². The molecule has 4 rings (SSSR count). The number of nitrogens with one attached hydrogen (secondary N) is 3. The molecule has 0 aromatic heterocycles. The van der Waals surface area contributed by atoms with Crippen molar-refractivity contribution in [1.29, 1.82) is 0 Å². The number of nitro groups is 1. The van der Waals surface area contributed by atoms with E-state index in [2.05, 4.69) is 15.4 Å². The van der Waals surface area contributed by atoms with Crippen LogP contribution in [0.1, 0.15) is 28.8 Å². The minimum atomic E-state index is -3.53. The van der Waals surface area contributed by atoms with E-state index in [0.29, 0.717) is 11.3 Å². The van der Waals surface area contributed by atoms with E-state index < -0.39 is 20.9 Å². The van der Waals surface area contributed by atoms with Gasteiger partial charge in [0.25, 0.3) is 11.6 Å². The van der Waals surface area contributed by atoms with E-state index in [4.69, 9.17) is 0 Å². The van der Waals surface area contributed by atoms with Gasteiger partial charge in [-0.15, -0.1) is 0 Å². The molecule has 3 aromatic rings. The predicted octanol–water partition coefficient (Wildman–Crippen LogP) is 3.71. The van der Waals surface area contributed by atoms with E-state index in [1.165, 1.54) is 30.3 Å². The fraction of sp³-hybridized carbons (Fsp3) is 0.174. The standard InChI is InChI=1S/C23H22N4O5S/c28-23(24-15-16-6-11-20(12-7-16)33(31,32)26-19-9-10-19)17-8-13-21(22(14-17)27(29)30)25-18-4-2-1-3-5-18/h1-8,11-14,19,25-26H,9-10,15H2,(H,24,28). The van der Waals surface area contributed by atoms with E-state index in [1.807, 2.05) is 18.2 Å². The lowest BCUT2D eigenvalue weighted by Gasteiger charge is -2.10. The molecule has 0 heterocycles. The highest BCUT2D eigenvalue weighted by Crippen LogP contribution is 2.28. The molecule has 0 unspecified atom stereocenters. The topological polar surface area (TPSA) is 130 Å². The number of hydrogen-bond acceptors (Lipinski definition) is 6. The second-order valence-corrected chi connectivity index (χ2v) is 9.42. The first-order valence-electron chi connectivity index (χ1n) is 10.3. The maximum atomic E-state index is 12.6. The van der Waals surface area contributed by atoms with Crippen LogP contribution in [0.4, 0.5) is 17.1 Å². The van der Waals surface area contributed by atoms with E-state index in [9.17, 15) is 23.3 Å². The van der Waals surface area contributed by atoms with Crippen LogP contribution in [0.25, 0.3) is 0 Å². The van der Waals surface area contributed by atoms with E-state index in [0.717, 1.165) is 12.8 Å². The maximum Gasteiger partial charge on any atom is 0.293 e. The second-order valence-electron chi connectivity index (χ2n) is 7.70. The average molecular weight is 467 g/mol. The van der Waals surface area contributed by atoms with Crippen LogP contribution in [-0.4, -0.2) is 25.3 Å². The van der Waals surface area contributed by atoms with Gasteiger partial charge >= 0.3 is 0 Å². The van der Waals surface area contributed by atoms with Gasteiger partial charge in [-0.3, -0.25) is 14.9 Å². The minimum absolute atomic E-state index is 0.0207. The van der Waals surface area contributed by atoms with Crippen molar-refractivity contribution in [2.45, 2.75) is 30.3 Å². The fourth-order valence-corrected chi connectivity index (χ4v) is 4.47. The number of hydrogen-bond donors (Lipinski definition) is 3. The number of sulfonamides is 1. The van der Waals surface area contributed by atoms with Gasteiger partial charge in [-0.05, 0) is 54.8 Å². The molecule has 10 heteroatoms. The first-order valence-corrected chi connectivity index (χ1v) is 11.8. The zero-order valence-corrected chi connectivity index (χ0v) is 18.3. The lowest BCUT2D eigenvalue weighted by atomic mass is 10.1. The number of carbonyl (C=O) groups is 1. The Morgan fingerprint density at radius 2 is 1.70 bits per heavy atom. The fourth-order valence-electron chi connectivity index (χ4n) is 3.17. The number of nitro benzene ring substituents is 1. The highest BCUT2D eigenvalue weighted by Gasteiger charge is 2.27. The zero-order valence-electron chi connectivity index (χ0n) is 17.5. The number of carbonyl (C=O) groups excluding carboxylic acids is 1. The second kappa shape index (κ2) is 9.39. The van der Waals surface area contributed by atoms with Crippen LogP contribution in [0, 0.1) is 10.1 Å². The molecular weight excluding hydrogens is 444 g/mol. The highest BCUT2D eigenvalue weighted by molar-refractivity contribution is 7.89. The van der Waals surface area contributed by atoms with Crippen LogP contribution < -0.4 is 15.4 Å². The van der Waals surface area contributed by atoms with Gasteiger partial charge in [0, 0.05) is 29.9 Å². The SMILES string of the molecule is O=C(NCc1ccc(S(=O)(=O)NC2CC2)cc1)c1ccc(Nc2ccccc2)c([N+](=O)[O-])c1. The summed E-state index contributed by atoms with van der Waals surface area (Å²) in [5.41, 5.74) is 1.60. The molecule has 0 atom stereocenters. The Morgan fingerprint density at radius 1 is 1.00 bits per heavy atom. The van der Waals surface area contributed by atoms with Crippen LogP contribution in [0.3, 0.4) is 0 Å². The molecule has 1 fully saturated rings. The van der Waals surface area contributed by atoms with Crippen molar-refractivity contribution in [2.24, 2.45) is 0 Å². The smallest absolute Gasteiger partial charge is 0.293 e. The van der Waals surface area contributed by atoms with Crippen molar-refractivity contribution in [2.75, 3.05) is 5.32 Å². The average Bonchev–Trinajstić information content (AvgIpc) is 3.62. The molecule has 0 radical (unpaired) electrons. The third-order valence-electron chi connectivity index (χ3n) is 5.10. The van der Waals surface area contributed by atoms with Crippen molar-refractivity contribution >= 4 is 33.0 Å². The normalized spacial score (nSPS) is 13.3. The van der Waals surface area contributed by atoms with E-state index >= 15 is 0 Å². The Bertz CT molecular complexity index is 1270. The highest BCUT2D eigenvalue weighted by atomic mass is 32.2. The van der Waals surface area contributed by atoms with Crippen molar-refractivity contribution in [3.63, 3.8) is 0 Å². The van der Waals surface area contributed by atoms with Gasteiger partial charge in [0.15, 0.2) is 0 Å². The lowest BCUT2D eigenvalue weighted by molar-refractivity contribution is -0.383. The lowest BCUT2D eigenvalue weighted by Crippen LogP contribution is -2.26. The van der Waals surface area contributed by atoms with Gasteiger partial charge in [-0.1, -0.05) is 30.3 Å². The molecular formula is C23H22N4O5S. The number of para-hydroxylation sites is 1. The number of rotatable bonds is 9. The third kappa shape index (κ3) is 5.73. The van der Waals surface area contributed by atoms with Gasteiger partial charge in [-0.25, -0.2) is 13.1 Å². The largest absolute Gasteiger partial charge is 0.350 e.